The van der Waals surface area contributed by atoms with Crippen LogP contribution in [0.15, 0.2) is 29.8 Å². The first-order valence-electron chi connectivity index (χ1n) is 4.65. The van der Waals surface area contributed by atoms with Crippen molar-refractivity contribution in [2.45, 2.75) is 19.3 Å². The minimum atomic E-state index is -0.328. The molecule has 1 aromatic rings. The van der Waals surface area contributed by atoms with E-state index in [1.807, 2.05) is 44.2 Å². The fourth-order valence-electron chi connectivity index (χ4n) is 2.05. The highest BCUT2D eigenvalue weighted by molar-refractivity contribution is 6.01. The molecule has 0 bridgehead atoms. The lowest BCUT2D eigenvalue weighted by Crippen LogP contribution is -2.27. The summed E-state index contributed by atoms with van der Waals surface area (Å²) in [5.74, 6) is -0.328. The van der Waals surface area contributed by atoms with Crippen LogP contribution in [0.4, 0.5) is 0 Å². The van der Waals surface area contributed by atoms with Crippen molar-refractivity contribution >= 4 is 12.0 Å². The standard InChI is InChI=1S/C12H13NO/c1-12(2)9-6-4-3-5-8(9)7-10(12)11(13)14/h3-7H,1-2H3,(H2,13,14). The van der Waals surface area contributed by atoms with Crippen molar-refractivity contribution in [3.05, 3.63) is 41.0 Å². The van der Waals surface area contributed by atoms with Crippen LogP contribution in [0.5, 0.6) is 0 Å². The molecule has 14 heavy (non-hydrogen) atoms. The van der Waals surface area contributed by atoms with Crippen molar-refractivity contribution < 1.29 is 4.79 Å². The normalized spacial score (nSPS) is 17.4. The van der Waals surface area contributed by atoms with Gasteiger partial charge in [0.15, 0.2) is 0 Å². The Labute approximate surface area is 83.4 Å². The molecule has 1 aromatic carbocycles. The number of fused-ring (bicyclic) bond motifs is 1. The Kier molecular flexibility index (Phi) is 1.74. The van der Waals surface area contributed by atoms with Crippen molar-refractivity contribution in [3.63, 3.8) is 0 Å². The molecule has 0 fully saturated rings. The molecule has 1 aliphatic carbocycles. The molecule has 0 aromatic heterocycles. The van der Waals surface area contributed by atoms with Crippen molar-refractivity contribution in [3.8, 4) is 0 Å². The Bertz CT molecular complexity index is 430. The van der Waals surface area contributed by atoms with Crippen molar-refractivity contribution in [2.24, 2.45) is 5.73 Å². The fraction of sp³-hybridized carbons (Fsp3) is 0.250. The smallest absolute Gasteiger partial charge is 0.245 e. The zero-order valence-corrected chi connectivity index (χ0v) is 8.37. The van der Waals surface area contributed by atoms with E-state index in [0.717, 1.165) is 5.56 Å². The molecule has 2 rings (SSSR count). The minimum Gasteiger partial charge on any atom is -0.366 e. The number of carbonyl (C=O) groups excluding carboxylic acids is 1. The second-order valence-electron chi connectivity index (χ2n) is 4.13. The summed E-state index contributed by atoms with van der Waals surface area (Å²) >= 11 is 0. The van der Waals surface area contributed by atoms with Gasteiger partial charge in [-0.2, -0.15) is 0 Å². The monoisotopic (exact) mass is 187 g/mol. The van der Waals surface area contributed by atoms with Crippen LogP contribution in [0.2, 0.25) is 0 Å². The zero-order chi connectivity index (χ0) is 10.3. The molecule has 0 unspecified atom stereocenters. The predicted octanol–water partition coefficient (Wildman–Crippen LogP) is 1.85. The third kappa shape index (κ3) is 1.07. The first-order chi connectivity index (χ1) is 6.53. The molecule has 0 atom stereocenters. The number of carbonyl (C=O) groups is 1. The largest absolute Gasteiger partial charge is 0.366 e. The van der Waals surface area contributed by atoms with E-state index in [2.05, 4.69) is 0 Å². The molecule has 2 nitrogen and oxygen atoms in total. The zero-order valence-electron chi connectivity index (χ0n) is 8.37. The van der Waals surface area contributed by atoms with E-state index in [1.165, 1.54) is 5.56 Å². The predicted molar refractivity (Wildman–Crippen MR) is 56.6 cm³/mol. The topological polar surface area (TPSA) is 43.1 Å². The molecule has 1 amide bonds. The molecule has 2 N–H and O–H groups in total. The Morgan fingerprint density at radius 1 is 1.29 bits per heavy atom. The first kappa shape index (κ1) is 9.00. The molecule has 0 heterocycles. The van der Waals surface area contributed by atoms with Gasteiger partial charge in [-0.1, -0.05) is 38.1 Å². The number of hydrogen-bond donors (Lipinski definition) is 1. The van der Waals surface area contributed by atoms with Crippen LogP contribution in [-0.4, -0.2) is 5.91 Å². The van der Waals surface area contributed by atoms with Gasteiger partial charge in [-0.25, -0.2) is 0 Å². The number of primary amides is 1. The molecule has 0 saturated carbocycles. The van der Waals surface area contributed by atoms with Crippen LogP contribution in [0.3, 0.4) is 0 Å². The summed E-state index contributed by atoms with van der Waals surface area (Å²) in [5.41, 5.74) is 8.07. The molecular weight excluding hydrogens is 174 g/mol. The lowest BCUT2D eigenvalue weighted by Gasteiger charge is -2.22. The summed E-state index contributed by atoms with van der Waals surface area (Å²) in [5, 5.41) is 0. The number of nitrogens with two attached hydrogens (primary N) is 1. The van der Waals surface area contributed by atoms with Crippen molar-refractivity contribution in [1.29, 1.82) is 0 Å². The van der Waals surface area contributed by atoms with Gasteiger partial charge in [-0.15, -0.1) is 0 Å². The van der Waals surface area contributed by atoms with E-state index >= 15 is 0 Å². The van der Waals surface area contributed by atoms with Gasteiger partial charge in [0, 0.05) is 11.0 Å². The van der Waals surface area contributed by atoms with E-state index < -0.39 is 0 Å². The maximum Gasteiger partial charge on any atom is 0.245 e. The third-order valence-electron chi connectivity index (χ3n) is 2.87. The van der Waals surface area contributed by atoms with Crippen molar-refractivity contribution in [1.82, 2.24) is 0 Å². The summed E-state index contributed by atoms with van der Waals surface area (Å²) in [7, 11) is 0. The minimum absolute atomic E-state index is 0.248. The lowest BCUT2D eigenvalue weighted by atomic mass is 9.81. The van der Waals surface area contributed by atoms with Crippen LogP contribution >= 0.6 is 0 Å². The average molecular weight is 187 g/mol. The van der Waals surface area contributed by atoms with Gasteiger partial charge < -0.3 is 5.73 Å². The SMILES string of the molecule is CC1(C)C(C(N)=O)=Cc2ccccc21. The van der Waals surface area contributed by atoms with Crippen LogP contribution in [0.25, 0.3) is 6.08 Å². The average Bonchev–Trinajstić information content (AvgIpc) is 2.39. The van der Waals surface area contributed by atoms with E-state index in [1.54, 1.807) is 0 Å². The number of rotatable bonds is 1. The van der Waals surface area contributed by atoms with Crippen LogP contribution in [0.1, 0.15) is 25.0 Å². The highest BCUT2D eigenvalue weighted by atomic mass is 16.1. The maximum atomic E-state index is 11.2. The Hall–Kier alpha value is -1.57. The van der Waals surface area contributed by atoms with Gasteiger partial charge in [0.05, 0.1) is 0 Å². The summed E-state index contributed by atoms with van der Waals surface area (Å²) in [6.07, 6.45) is 1.89. The van der Waals surface area contributed by atoms with Gasteiger partial charge in [0.1, 0.15) is 0 Å². The Balaban J connectivity index is 2.62. The van der Waals surface area contributed by atoms with Crippen LogP contribution < -0.4 is 5.73 Å². The van der Waals surface area contributed by atoms with E-state index in [-0.39, 0.29) is 11.3 Å². The van der Waals surface area contributed by atoms with Crippen LogP contribution in [0, 0.1) is 0 Å². The maximum absolute atomic E-state index is 11.2. The van der Waals surface area contributed by atoms with E-state index in [0.29, 0.717) is 5.57 Å². The summed E-state index contributed by atoms with van der Waals surface area (Å²) in [4.78, 5) is 11.2. The molecule has 72 valence electrons. The quantitative estimate of drug-likeness (QED) is 0.716. The third-order valence-corrected chi connectivity index (χ3v) is 2.87. The Morgan fingerprint density at radius 2 is 1.93 bits per heavy atom. The van der Waals surface area contributed by atoms with Gasteiger partial charge in [0.25, 0.3) is 0 Å². The fourth-order valence-corrected chi connectivity index (χ4v) is 2.05. The van der Waals surface area contributed by atoms with E-state index in [9.17, 15) is 4.79 Å². The molecule has 0 saturated heterocycles. The highest BCUT2D eigenvalue weighted by Crippen LogP contribution is 2.40. The second kappa shape index (κ2) is 2.71. The summed E-state index contributed by atoms with van der Waals surface area (Å²) in [6, 6.07) is 8.00. The van der Waals surface area contributed by atoms with E-state index in [4.69, 9.17) is 5.73 Å². The number of amides is 1. The molecular formula is C12H13NO. The van der Waals surface area contributed by atoms with Gasteiger partial charge in [-0.05, 0) is 17.2 Å². The summed E-state index contributed by atoms with van der Waals surface area (Å²) in [6.45, 7) is 4.05. The first-order valence-corrected chi connectivity index (χ1v) is 4.65. The molecule has 1 aliphatic rings. The number of hydrogen-bond acceptors (Lipinski definition) is 1. The number of benzene rings is 1. The molecule has 0 aliphatic heterocycles. The van der Waals surface area contributed by atoms with Gasteiger partial charge in [0.2, 0.25) is 5.91 Å². The molecule has 0 spiro atoms. The summed E-state index contributed by atoms with van der Waals surface area (Å²) < 4.78 is 0. The van der Waals surface area contributed by atoms with Crippen LogP contribution in [-0.2, 0) is 10.2 Å². The second-order valence-corrected chi connectivity index (χ2v) is 4.13. The van der Waals surface area contributed by atoms with Gasteiger partial charge >= 0.3 is 0 Å². The molecule has 2 heteroatoms. The highest BCUT2D eigenvalue weighted by Gasteiger charge is 2.35. The Morgan fingerprint density at radius 3 is 2.50 bits per heavy atom. The molecule has 0 radical (unpaired) electrons. The lowest BCUT2D eigenvalue weighted by molar-refractivity contribution is -0.115. The van der Waals surface area contributed by atoms with Crippen molar-refractivity contribution in [2.75, 3.05) is 0 Å². The van der Waals surface area contributed by atoms with Gasteiger partial charge in [-0.3, -0.25) is 4.79 Å².